The number of carbonyl (C=O) groups excluding carboxylic acids is 4. The van der Waals surface area contributed by atoms with Gasteiger partial charge in [-0.05, 0) is 51.0 Å². The van der Waals surface area contributed by atoms with Crippen LogP contribution in [0.15, 0.2) is 42.5 Å². The summed E-state index contributed by atoms with van der Waals surface area (Å²) >= 11 is 0. The number of nitrogens with zero attached hydrogens (tertiary/aromatic N) is 1. The molecule has 0 unspecified atom stereocenters. The molecule has 3 rings (SSSR count). The van der Waals surface area contributed by atoms with Gasteiger partial charge in [-0.25, -0.2) is 4.79 Å². The summed E-state index contributed by atoms with van der Waals surface area (Å²) in [6.45, 7) is 3.84. The molecule has 0 heterocycles. The number of carbonyl (C=O) groups is 4. The van der Waals surface area contributed by atoms with Crippen LogP contribution in [0.25, 0.3) is 0 Å². The van der Waals surface area contributed by atoms with E-state index in [4.69, 9.17) is 14.2 Å². The van der Waals surface area contributed by atoms with E-state index in [1.165, 1.54) is 24.1 Å². The minimum Gasteiger partial charge on any atom is -0.490 e. The molecule has 1 saturated carbocycles. The van der Waals surface area contributed by atoms with Crippen molar-refractivity contribution in [3.8, 4) is 11.5 Å². The fraction of sp³-hybridized carbons (Fsp3) is 0.385. The Morgan fingerprint density at radius 3 is 2.26 bits per heavy atom. The zero-order valence-corrected chi connectivity index (χ0v) is 20.2. The second-order valence-corrected chi connectivity index (χ2v) is 8.07. The Bertz CT molecular complexity index is 1090. The van der Waals surface area contributed by atoms with Gasteiger partial charge in [-0.1, -0.05) is 18.2 Å². The van der Waals surface area contributed by atoms with E-state index < -0.39 is 24.3 Å². The van der Waals surface area contributed by atoms with Crippen LogP contribution in [-0.2, 0) is 14.3 Å². The third-order valence-electron chi connectivity index (χ3n) is 5.27. The first-order valence-electron chi connectivity index (χ1n) is 11.6. The summed E-state index contributed by atoms with van der Waals surface area (Å²) in [4.78, 5) is 51.4. The van der Waals surface area contributed by atoms with Gasteiger partial charge in [-0.15, -0.1) is 0 Å². The van der Waals surface area contributed by atoms with Crippen molar-refractivity contribution in [2.45, 2.75) is 32.7 Å². The monoisotopic (exact) mass is 482 g/mol. The van der Waals surface area contributed by atoms with Crippen molar-refractivity contribution < 1.29 is 33.4 Å². The highest BCUT2D eigenvalue weighted by Gasteiger charge is 2.25. The summed E-state index contributed by atoms with van der Waals surface area (Å²) in [7, 11) is 1.46. The molecular formula is C26H30N2O7. The van der Waals surface area contributed by atoms with E-state index in [0.717, 1.165) is 12.8 Å². The van der Waals surface area contributed by atoms with E-state index in [0.29, 0.717) is 30.3 Å². The summed E-state index contributed by atoms with van der Waals surface area (Å²) < 4.78 is 16.3. The highest BCUT2D eigenvalue weighted by atomic mass is 16.5. The van der Waals surface area contributed by atoms with E-state index in [9.17, 15) is 19.2 Å². The molecule has 2 amide bonds. The SMILES string of the molecule is CCOc1ccc(C(=O)c2ccccc2C(=O)OCC(=O)N(C)CC(=O)NC2CC2)cc1OCC. The van der Waals surface area contributed by atoms with Gasteiger partial charge in [-0.2, -0.15) is 0 Å². The largest absolute Gasteiger partial charge is 0.490 e. The fourth-order valence-corrected chi connectivity index (χ4v) is 3.33. The summed E-state index contributed by atoms with van der Waals surface area (Å²) in [6.07, 6.45) is 1.89. The van der Waals surface area contributed by atoms with Crippen LogP contribution in [-0.4, -0.2) is 67.9 Å². The van der Waals surface area contributed by atoms with Crippen molar-refractivity contribution >= 4 is 23.6 Å². The minimum atomic E-state index is -0.811. The molecule has 0 aliphatic heterocycles. The lowest BCUT2D eigenvalue weighted by Gasteiger charge is -2.17. The maximum absolute atomic E-state index is 13.2. The van der Waals surface area contributed by atoms with Crippen LogP contribution in [0.2, 0.25) is 0 Å². The van der Waals surface area contributed by atoms with E-state index in [1.807, 2.05) is 13.8 Å². The molecule has 186 valence electrons. The molecular weight excluding hydrogens is 452 g/mol. The molecule has 1 N–H and O–H groups in total. The molecule has 2 aromatic carbocycles. The first kappa shape index (κ1) is 25.7. The highest BCUT2D eigenvalue weighted by Crippen LogP contribution is 2.30. The number of ether oxygens (including phenoxy) is 3. The number of amides is 2. The van der Waals surface area contributed by atoms with Crippen LogP contribution < -0.4 is 14.8 Å². The van der Waals surface area contributed by atoms with Crippen molar-refractivity contribution in [2.75, 3.05) is 33.4 Å². The average Bonchev–Trinajstić information content (AvgIpc) is 3.67. The Hall–Kier alpha value is -3.88. The first-order valence-corrected chi connectivity index (χ1v) is 11.6. The summed E-state index contributed by atoms with van der Waals surface area (Å²) in [5.74, 6) is -1.05. The molecule has 9 nitrogen and oxygen atoms in total. The number of hydrogen-bond donors (Lipinski definition) is 1. The molecule has 1 aliphatic rings. The normalized spacial score (nSPS) is 12.4. The minimum absolute atomic E-state index is 0.0336. The van der Waals surface area contributed by atoms with Gasteiger partial charge in [0.2, 0.25) is 5.91 Å². The van der Waals surface area contributed by atoms with Crippen LogP contribution in [0.5, 0.6) is 11.5 Å². The Morgan fingerprint density at radius 1 is 0.943 bits per heavy atom. The number of likely N-dealkylation sites (N-methyl/N-ethyl adjacent to an activating group) is 1. The highest BCUT2D eigenvalue weighted by molar-refractivity contribution is 6.14. The van der Waals surface area contributed by atoms with Crippen molar-refractivity contribution in [3.63, 3.8) is 0 Å². The maximum atomic E-state index is 13.2. The topological polar surface area (TPSA) is 111 Å². The van der Waals surface area contributed by atoms with Crippen LogP contribution in [0, 0.1) is 0 Å². The summed E-state index contributed by atoms with van der Waals surface area (Å²) in [5.41, 5.74) is 0.481. The second kappa shape index (κ2) is 12.0. The first-order chi connectivity index (χ1) is 16.8. The zero-order chi connectivity index (χ0) is 25.4. The lowest BCUT2D eigenvalue weighted by Crippen LogP contribution is -2.40. The van der Waals surface area contributed by atoms with Gasteiger partial charge in [0, 0.05) is 24.2 Å². The third-order valence-corrected chi connectivity index (χ3v) is 5.27. The van der Waals surface area contributed by atoms with Crippen molar-refractivity contribution in [1.29, 1.82) is 0 Å². The molecule has 35 heavy (non-hydrogen) atoms. The van der Waals surface area contributed by atoms with Crippen molar-refractivity contribution in [2.24, 2.45) is 0 Å². The average molecular weight is 483 g/mol. The molecule has 0 radical (unpaired) electrons. The Balaban J connectivity index is 1.68. The Labute approximate surface area is 204 Å². The quantitative estimate of drug-likeness (QED) is 0.366. The van der Waals surface area contributed by atoms with Crippen LogP contribution in [0.1, 0.15) is 53.0 Å². The fourth-order valence-electron chi connectivity index (χ4n) is 3.33. The maximum Gasteiger partial charge on any atom is 0.339 e. The number of esters is 1. The van der Waals surface area contributed by atoms with E-state index in [-0.39, 0.29) is 29.6 Å². The van der Waals surface area contributed by atoms with Crippen LogP contribution in [0.3, 0.4) is 0 Å². The zero-order valence-electron chi connectivity index (χ0n) is 20.2. The lowest BCUT2D eigenvalue weighted by atomic mass is 9.98. The van der Waals surface area contributed by atoms with Gasteiger partial charge in [0.1, 0.15) is 0 Å². The molecule has 0 bridgehead atoms. The second-order valence-electron chi connectivity index (χ2n) is 8.07. The summed E-state index contributed by atoms with van der Waals surface area (Å²) in [6, 6.07) is 11.2. The molecule has 0 saturated heterocycles. The standard InChI is InChI=1S/C26H30N2O7/c1-4-33-21-13-10-17(14-22(21)34-5-2)25(31)19-8-6-7-9-20(19)26(32)35-16-24(30)28(3)15-23(29)27-18-11-12-18/h6-10,13-14,18H,4-5,11-12,15-16H2,1-3H3,(H,27,29). The van der Waals surface area contributed by atoms with Gasteiger partial charge >= 0.3 is 5.97 Å². The summed E-state index contributed by atoms with van der Waals surface area (Å²) in [5, 5.41) is 2.79. The van der Waals surface area contributed by atoms with E-state index in [1.54, 1.807) is 30.3 Å². The molecule has 0 aromatic heterocycles. The van der Waals surface area contributed by atoms with Gasteiger partial charge < -0.3 is 24.4 Å². The Morgan fingerprint density at radius 2 is 1.60 bits per heavy atom. The van der Waals surface area contributed by atoms with Crippen LogP contribution in [0.4, 0.5) is 0 Å². The van der Waals surface area contributed by atoms with E-state index >= 15 is 0 Å². The molecule has 2 aromatic rings. The van der Waals surface area contributed by atoms with Gasteiger partial charge in [0.25, 0.3) is 5.91 Å². The molecule has 0 atom stereocenters. The number of benzene rings is 2. The lowest BCUT2D eigenvalue weighted by molar-refractivity contribution is -0.137. The van der Waals surface area contributed by atoms with Gasteiger partial charge in [0.15, 0.2) is 23.9 Å². The van der Waals surface area contributed by atoms with Gasteiger partial charge in [0.05, 0.1) is 25.3 Å². The predicted molar refractivity (Wildman–Crippen MR) is 128 cm³/mol. The predicted octanol–water partition coefficient (Wildman–Crippen LogP) is 2.61. The van der Waals surface area contributed by atoms with Crippen molar-refractivity contribution in [1.82, 2.24) is 10.2 Å². The molecule has 9 heteroatoms. The third kappa shape index (κ3) is 7.05. The number of nitrogens with one attached hydrogen (secondary N) is 1. The number of rotatable bonds is 12. The molecule has 0 spiro atoms. The molecule has 1 aliphatic carbocycles. The number of ketones is 1. The Kier molecular flexibility index (Phi) is 8.83. The van der Waals surface area contributed by atoms with Crippen LogP contribution >= 0.6 is 0 Å². The van der Waals surface area contributed by atoms with E-state index in [2.05, 4.69) is 5.32 Å². The smallest absolute Gasteiger partial charge is 0.339 e. The van der Waals surface area contributed by atoms with Crippen molar-refractivity contribution in [3.05, 3.63) is 59.2 Å². The number of hydrogen-bond acceptors (Lipinski definition) is 7. The van der Waals surface area contributed by atoms with Gasteiger partial charge in [-0.3, -0.25) is 14.4 Å². The molecule has 1 fully saturated rings.